The molecule has 0 atom stereocenters. The summed E-state index contributed by atoms with van der Waals surface area (Å²) in [6.45, 7) is 2.68. The highest BCUT2D eigenvalue weighted by Gasteiger charge is 1.99. The zero-order chi connectivity index (χ0) is 12.3. The van der Waals surface area contributed by atoms with Crippen molar-refractivity contribution < 1.29 is 0 Å². The monoisotopic (exact) mass is 291 g/mol. The van der Waals surface area contributed by atoms with Crippen LogP contribution >= 0.6 is 15.9 Å². The Morgan fingerprint density at radius 3 is 2.88 bits per heavy atom. The fourth-order valence-electron chi connectivity index (χ4n) is 1.48. The molecule has 2 rings (SSSR count). The van der Waals surface area contributed by atoms with Crippen LogP contribution < -0.4 is 11.1 Å². The minimum absolute atomic E-state index is 0.731. The molecule has 0 unspecified atom stereocenters. The van der Waals surface area contributed by atoms with Crippen LogP contribution in [-0.2, 0) is 6.54 Å². The number of halogens is 1. The van der Waals surface area contributed by atoms with Gasteiger partial charge in [-0.3, -0.25) is 0 Å². The molecule has 3 nitrogen and oxygen atoms in total. The molecule has 2 aromatic rings. The SMILES string of the molecule is Cc1cnc(NCc2cccc(Br)c2)cc1N. The van der Waals surface area contributed by atoms with E-state index in [2.05, 4.69) is 38.4 Å². The summed E-state index contributed by atoms with van der Waals surface area (Å²) in [6.07, 6.45) is 1.78. The first kappa shape index (κ1) is 11.9. The van der Waals surface area contributed by atoms with Crippen molar-refractivity contribution in [1.29, 1.82) is 0 Å². The van der Waals surface area contributed by atoms with Gasteiger partial charge in [0.15, 0.2) is 0 Å². The van der Waals surface area contributed by atoms with Gasteiger partial charge in [-0.2, -0.15) is 0 Å². The summed E-state index contributed by atoms with van der Waals surface area (Å²) < 4.78 is 1.08. The van der Waals surface area contributed by atoms with E-state index in [1.807, 2.05) is 25.1 Å². The number of benzene rings is 1. The second-order valence-electron chi connectivity index (χ2n) is 3.91. The van der Waals surface area contributed by atoms with Crippen LogP contribution in [0.5, 0.6) is 0 Å². The average Bonchev–Trinajstić information content (AvgIpc) is 2.31. The van der Waals surface area contributed by atoms with Crippen molar-refractivity contribution in [3.8, 4) is 0 Å². The van der Waals surface area contributed by atoms with Crippen molar-refractivity contribution in [2.75, 3.05) is 11.1 Å². The minimum Gasteiger partial charge on any atom is -0.398 e. The van der Waals surface area contributed by atoms with Gasteiger partial charge in [-0.15, -0.1) is 0 Å². The van der Waals surface area contributed by atoms with Crippen molar-refractivity contribution in [2.45, 2.75) is 13.5 Å². The van der Waals surface area contributed by atoms with E-state index in [1.165, 1.54) is 5.56 Å². The van der Waals surface area contributed by atoms with E-state index in [4.69, 9.17) is 5.73 Å². The van der Waals surface area contributed by atoms with E-state index in [1.54, 1.807) is 6.20 Å². The molecule has 0 aliphatic carbocycles. The number of nitrogen functional groups attached to an aromatic ring is 1. The topological polar surface area (TPSA) is 50.9 Å². The molecule has 17 heavy (non-hydrogen) atoms. The molecule has 0 saturated heterocycles. The number of nitrogens with one attached hydrogen (secondary N) is 1. The van der Waals surface area contributed by atoms with E-state index in [9.17, 15) is 0 Å². The highest BCUT2D eigenvalue weighted by molar-refractivity contribution is 9.10. The quantitative estimate of drug-likeness (QED) is 0.912. The largest absolute Gasteiger partial charge is 0.398 e. The third-order valence-electron chi connectivity index (χ3n) is 2.51. The van der Waals surface area contributed by atoms with Gasteiger partial charge in [0.2, 0.25) is 0 Å². The first-order valence-electron chi connectivity index (χ1n) is 5.35. The molecule has 4 heteroatoms. The van der Waals surface area contributed by atoms with Gasteiger partial charge in [-0.05, 0) is 30.2 Å². The minimum atomic E-state index is 0.731. The van der Waals surface area contributed by atoms with Gasteiger partial charge >= 0.3 is 0 Å². The Bertz CT molecular complexity index is 526. The van der Waals surface area contributed by atoms with Crippen molar-refractivity contribution in [3.05, 3.63) is 52.1 Å². The van der Waals surface area contributed by atoms with Crippen LogP contribution in [0.3, 0.4) is 0 Å². The number of hydrogen-bond donors (Lipinski definition) is 2. The van der Waals surface area contributed by atoms with Crippen LogP contribution in [-0.4, -0.2) is 4.98 Å². The van der Waals surface area contributed by atoms with Crippen molar-refractivity contribution in [1.82, 2.24) is 4.98 Å². The second kappa shape index (κ2) is 5.19. The number of pyridine rings is 1. The molecule has 0 aliphatic rings. The molecule has 0 amide bonds. The Morgan fingerprint density at radius 2 is 2.18 bits per heavy atom. The lowest BCUT2D eigenvalue weighted by Gasteiger charge is -2.07. The number of rotatable bonds is 3. The van der Waals surface area contributed by atoms with Gasteiger partial charge in [-0.1, -0.05) is 28.1 Å². The van der Waals surface area contributed by atoms with E-state index in [0.717, 1.165) is 28.1 Å². The summed E-state index contributed by atoms with van der Waals surface area (Å²) >= 11 is 3.45. The number of aryl methyl sites for hydroxylation is 1. The Hall–Kier alpha value is -1.55. The Balaban J connectivity index is 2.05. The van der Waals surface area contributed by atoms with Crippen LogP contribution in [0.1, 0.15) is 11.1 Å². The highest BCUT2D eigenvalue weighted by Crippen LogP contribution is 2.16. The maximum absolute atomic E-state index is 5.83. The smallest absolute Gasteiger partial charge is 0.128 e. The molecule has 1 aromatic heterocycles. The average molecular weight is 292 g/mol. The molecular formula is C13H14BrN3. The Morgan fingerprint density at radius 1 is 1.35 bits per heavy atom. The number of hydrogen-bond acceptors (Lipinski definition) is 3. The normalized spacial score (nSPS) is 10.2. The Labute approximate surface area is 109 Å². The van der Waals surface area contributed by atoms with Crippen LogP contribution in [0.2, 0.25) is 0 Å². The number of nitrogens with two attached hydrogens (primary N) is 1. The Kier molecular flexibility index (Phi) is 3.64. The van der Waals surface area contributed by atoms with Crippen molar-refractivity contribution in [2.24, 2.45) is 0 Å². The predicted molar refractivity (Wildman–Crippen MR) is 74.9 cm³/mol. The lowest BCUT2D eigenvalue weighted by Crippen LogP contribution is -2.02. The van der Waals surface area contributed by atoms with Crippen LogP contribution in [0.25, 0.3) is 0 Å². The summed E-state index contributed by atoms with van der Waals surface area (Å²) in [6, 6.07) is 10.0. The van der Waals surface area contributed by atoms with Gasteiger partial charge in [0.25, 0.3) is 0 Å². The number of aromatic nitrogens is 1. The summed E-state index contributed by atoms with van der Waals surface area (Å²) in [4.78, 5) is 4.27. The fraction of sp³-hybridized carbons (Fsp3) is 0.154. The molecule has 0 aliphatic heterocycles. The third-order valence-corrected chi connectivity index (χ3v) is 3.00. The van der Waals surface area contributed by atoms with Gasteiger partial charge in [-0.25, -0.2) is 4.98 Å². The molecule has 88 valence electrons. The van der Waals surface area contributed by atoms with Crippen molar-refractivity contribution >= 4 is 27.4 Å². The van der Waals surface area contributed by atoms with E-state index < -0.39 is 0 Å². The first-order chi connectivity index (χ1) is 8.15. The highest BCUT2D eigenvalue weighted by atomic mass is 79.9. The molecular weight excluding hydrogens is 278 g/mol. The zero-order valence-corrected chi connectivity index (χ0v) is 11.2. The molecule has 0 spiro atoms. The van der Waals surface area contributed by atoms with E-state index >= 15 is 0 Å². The number of nitrogens with zero attached hydrogens (tertiary/aromatic N) is 1. The molecule has 0 radical (unpaired) electrons. The van der Waals surface area contributed by atoms with Gasteiger partial charge in [0, 0.05) is 29.0 Å². The maximum Gasteiger partial charge on any atom is 0.128 e. The molecule has 3 N–H and O–H groups in total. The lowest BCUT2D eigenvalue weighted by atomic mass is 10.2. The predicted octanol–water partition coefficient (Wildman–Crippen LogP) is 3.35. The first-order valence-corrected chi connectivity index (χ1v) is 6.15. The zero-order valence-electron chi connectivity index (χ0n) is 9.57. The van der Waals surface area contributed by atoms with E-state index in [-0.39, 0.29) is 0 Å². The van der Waals surface area contributed by atoms with Crippen LogP contribution in [0.4, 0.5) is 11.5 Å². The fourth-order valence-corrected chi connectivity index (χ4v) is 1.92. The summed E-state index contributed by atoms with van der Waals surface area (Å²) in [5.74, 6) is 0.799. The molecule has 0 saturated carbocycles. The summed E-state index contributed by atoms with van der Waals surface area (Å²) in [5, 5.41) is 3.24. The van der Waals surface area contributed by atoms with Crippen LogP contribution in [0.15, 0.2) is 41.0 Å². The summed E-state index contributed by atoms with van der Waals surface area (Å²) in [5.41, 5.74) is 8.78. The summed E-state index contributed by atoms with van der Waals surface area (Å²) in [7, 11) is 0. The van der Waals surface area contributed by atoms with Gasteiger partial charge in [0.05, 0.1) is 0 Å². The van der Waals surface area contributed by atoms with E-state index in [0.29, 0.717) is 0 Å². The number of anilines is 2. The molecule has 1 heterocycles. The molecule has 0 fully saturated rings. The van der Waals surface area contributed by atoms with Gasteiger partial charge < -0.3 is 11.1 Å². The van der Waals surface area contributed by atoms with Gasteiger partial charge in [0.1, 0.15) is 5.82 Å². The standard InChI is InChI=1S/C13H14BrN3/c1-9-7-16-13(6-12(9)15)17-8-10-3-2-4-11(14)5-10/h2-7H,8H2,1H3,(H3,15,16,17). The third kappa shape index (κ3) is 3.20. The lowest BCUT2D eigenvalue weighted by molar-refractivity contribution is 1.10. The molecule has 1 aromatic carbocycles. The molecule has 0 bridgehead atoms. The second-order valence-corrected chi connectivity index (χ2v) is 4.83. The maximum atomic E-state index is 5.83. The van der Waals surface area contributed by atoms with Crippen molar-refractivity contribution in [3.63, 3.8) is 0 Å². The van der Waals surface area contributed by atoms with Crippen LogP contribution in [0, 0.1) is 6.92 Å².